The van der Waals surface area contributed by atoms with Crippen molar-refractivity contribution >= 4 is 0 Å². The van der Waals surface area contributed by atoms with Crippen LogP contribution in [0.15, 0.2) is 0 Å². The average Bonchev–Trinajstić information content (AvgIpc) is 2.14. The number of hydrogen-bond acceptors (Lipinski definition) is 5. The summed E-state index contributed by atoms with van der Waals surface area (Å²) < 4.78 is 16.9. The van der Waals surface area contributed by atoms with Crippen LogP contribution in [0.4, 0.5) is 4.39 Å². The third-order valence-corrected chi connectivity index (χ3v) is 1.60. The van der Waals surface area contributed by atoms with Gasteiger partial charge in [-0.25, -0.2) is 4.39 Å². The number of alkyl halides is 1. The Morgan fingerprint density at radius 2 is 2.00 bits per heavy atom. The normalized spacial score (nSPS) is 51.5. The molecule has 0 aliphatic carbocycles. The van der Waals surface area contributed by atoms with Gasteiger partial charge in [-0.3, -0.25) is 0 Å². The highest BCUT2D eigenvalue weighted by molar-refractivity contribution is 4.91. The van der Waals surface area contributed by atoms with E-state index < -0.39 is 31.0 Å². The van der Waals surface area contributed by atoms with Crippen LogP contribution in [0.3, 0.4) is 0 Å². The van der Waals surface area contributed by atoms with Crippen LogP contribution >= 0.6 is 0 Å². The summed E-state index contributed by atoms with van der Waals surface area (Å²) >= 11 is 0. The number of halogens is 1. The molecule has 0 aromatic heterocycles. The van der Waals surface area contributed by atoms with Crippen LogP contribution in [-0.2, 0) is 4.74 Å². The maximum atomic E-state index is 12.7. The minimum Gasteiger partial charge on any atom is -0.394 e. The Kier molecular flexibility index (Phi) is 2.13. The lowest BCUT2D eigenvalue weighted by Crippen LogP contribution is -2.44. The van der Waals surface area contributed by atoms with Crippen LogP contribution in [-0.4, -0.2) is 51.4 Å². The summed E-state index contributed by atoms with van der Waals surface area (Å²) in [6.07, 6.45) is -5.29. The lowest BCUT2D eigenvalue weighted by Gasteiger charge is -2.17. The van der Waals surface area contributed by atoms with Gasteiger partial charge in [-0.15, -0.1) is 0 Å². The Hall–Kier alpha value is -0.270. The largest absolute Gasteiger partial charge is 0.394 e. The van der Waals surface area contributed by atoms with Gasteiger partial charge in [0.2, 0.25) is 6.29 Å². The molecular formula is C5H9FO5. The lowest BCUT2D eigenvalue weighted by molar-refractivity contribution is -0.239. The molecule has 4 N–H and O–H groups in total. The van der Waals surface area contributed by atoms with Crippen LogP contribution in [0.1, 0.15) is 0 Å². The molecule has 1 heterocycles. The van der Waals surface area contributed by atoms with Gasteiger partial charge in [-0.1, -0.05) is 0 Å². The molecule has 66 valence electrons. The number of ether oxygens (including phenoxy) is 1. The first-order chi connectivity index (χ1) is 5.00. The summed E-state index contributed by atoms with van der Waals surface area (Å²) in [5.74, 6) is -3.19. The Morgan fingerprint density at radius 3 is 2.18 bits per heavy atom. The Bertz CT molecular complexity index is 150. The molecule has 6 heteroatoms. The third kappa shape index (κ3) is 1.23. The Labute approximate surface area is 61.6 Å². The van der Waals surface area contributed by atoms with Gasteiger partial charge < -0.3 is 25.2 Å². The molecule has 0 aromatic carbocycles. The zero-order valence-corrected chi connectivity index (χ0v) is 5.51. The second-order valence-electron chi connectivity index (χ2n) is 2.38. The zero-order chi connectivity index (χ0) is 8.65. The second-order valence-corrected chi connectivity index (χ2v) is 2.38. The standard InChI is InChI=1S/C5H9FO5/c6-5(10)3(8)2(1-7)11-4(5)9/h2-4,7-10H,1H2/t2-,3-,4?,5+/m0/s1. The minimum atomic E-state index is -3.19. The van der Waals surface area contributed by atoms with Crippen molar-refractivity contribution in [3.63, 3.8) is 0 Å². The van der Waals surface area contributed by atoms with E-state index in [9.17, 15) is 4.39 Å². The molecule has 1 aliphatic rings. The van der Waals surface area contributed by atoms with E-state index in [1.54, 1.807) is 0 Å². The number of aliphatic hydroxyl groups is 4. The monoisotopic (exact) mass is 168 g/mol. The van der Waals surface area contributed by atoms with Crippen LogP contribution in [0, 0.1) is 0 Å². The highest BCUT2D eigenvalue weighted by atomic mass is 19.2. The second kappa shape index (κ2) is 2.65. The molecule has 1 aliphatic heterocycles. The summed E-state index contributed by atoms with van der Waals surface area (Å²) in [6, 6.07) is 0. The van der Waals surface area contributed by atoms with E-state index in [-0.39, 0.29) is 0 Å². The average molecular weight is 168 g/mol. The SMILES string of the molecule is OC[C@@H]1OC(O)[C@@](O)(F)[C@H]1O. The van der Waals surface area contributed by atoms with Crippen LogP contribution in [0.25, 0.3) is 0 Å². The third-order valence-electron chi connectivity index (χ3n) is 1.60. The molecule has 5 nitrogen and oxygen atoms in total. The first kappa shape index (κ1) is 8.82. The van der Waals surface area contributed by atoms with Gasteiger partial charge in [-0.05, 0) is 0 Å². The summed E-state index contributed by atoms with van der Waals surface area (Å²) in [6.45, 7) is -0.662. The molecule has 1 unspecified atom stereocenters. The van der Waals surface area contributed by atoms with Crippen LogP contribution < -0.4 is 0 Å². The van der Waals surface area contributed by atoms with E-state index in [1.807, 2.05) is 0 Å². The molecule has 0 bridgehead atoms. The van der Waals surface area contributed by atoms with Crippen molar-refractivity contribution < 1.29 is 29.6 Å². The van der Waals surface area contributed by atoms with Gasteiger partial charge >= 0.3 is 0 Å². The minimum absolute atomic E-state index is 0.662. The van der Waals surface area contributed by atoms with Crippen molar-refractivity contribution in [1.82, 2.24) is 0 Å². The molecule has 4 atom stereocenters. The maximum Gasteiger partial charge on any atom is 0.286 e. The maximum absolute atomic E-state index is 12.7. The molecule has 0 radical (unpaired) electrons. The van der Waals surface area contributed by atoms with Gasteiger partial charge in [0, 0.05) is 0 Å². The molecule has 0 aromatic rings. The first-order valence-electron chi connectivity index (χ1n) is 3.04. The van der Waals surface area contributed by atoms with Crippen LogP contribution in [0.2, 0.25) is 0 Å². The van der Waals surface area contributed by atoms with Crippen molar-refractivity contribution in [3.8, 4) is 0 Å². The molecular weight excluding hydrogens is 159 g/mol. The lowest BCUT2D eigenvalue weighted by atomic mass is 10.1. The van der Waals surface area contributed by atoms with E-state index >= 15 is 0 Å². The molecule has 0 amide bonds. The fourth-order valence-electron chi connectivity index (χ4n) is 0.885. The summed E-state index contributed by atoms with van der Waals surface area (Å²) in [5.41, 5.74) is 0. The van der Waals surface area contributed by atoms with E-state index in [0.717, 1.165) is 0 Å². The van der Waals surface area contributed by atoms with Crippen molar-refractivity contribution in [2.75, 3.05) is 6.61 Å². The molecule has 11 heavy (non-hydrogen) atoms. The number of rotatable bonds is 1. The molecule has 1 saturated heterocycles. The predicted octanol–water partition coefficient (Wildman–Crippen LogP) is -2.29. The van der Waals surface area contributed by atoms with Crippen molar-refractivity contribution in [1.29, 1.82) is 0 Å². The number of hydrogen-bond donors (Lipinski definition) is 4. The van der Waals surface area contributed by atoms with Crippen molar-refractivity contribution in [2.24, 2.45) is 0 Å². The fraction of sp³-hybridized carbons (Fsp3) is 1.00. The summed E-state index contributed by atoms with van der Waals surface area (Å²) in [7, 11) is 0. The van der Waals surface area contributed by atoms with E-state index in [2.05, 4.69) is 4.74 Å². The predicted molar refractivity (Wildman–Crippen MR) is 30.0 cm³/mol. The summed E-state index contributed by atoms with van der Waals surface area (Å²) in [5, 5.41) is 34.5. The molecule has 1 rings (SSSR count). The first-order valence-corrected chi connectivity index (χ1v) is 3.04. The highest BCUT2D eigenvalue weighted by Crippen LogP contribution is 2.30. The Balaban J connectivity index is 2.71. The van der Waals surface area contributed by atoms with Gasteiger partial charge in [-0.2, -0.15) is 0 Å². The Morgan fingerprint density at radius 1 is 1.45 bits per heavy atom. The topological polar surface area (TPSA) is 90.2 Å². The smallest absolute Gasteiger partial charge is 0.286 e. The van der Waals surface area contributed by atoms with E-state index in [4.69, 9.17) is 20.4 Å². The number of aliphatic hydroxyl groups excluding tert-OH is 3. The van der Waals surface area contributed by atoms with Gasteiger partial charge in [0.1, 0.15) is 12.2 Å². The van der Waals surface area contributed by atoms with Gasteiger partial charge in [0.25, 0.3) is 5.85 Å². The van der Waals surface area contributed by atoms with E-state index in [0.29, 0.717) is 0 Å². The quantitative estimate of drug-likeness (QED) is 0.354. The van der Waals surface area contributed by atoms with Gasteiger partial charge in [0.05, 0.1) is 6.61 Å². The zero-order valence-electron chi connectivity index (χ0n) is 5.51. The van der Waals surface area contributed by atoms with Crippen molar-refractivity contribution in [3.05, 3.63) is 0 Å². The highest BCUT2D eigenvalue weighted by Gasteiger charge is 2.55. The van der Waals surface area contributed by atoms with Crippen molar-refractivity contribution in [2.45, 2.75) is 24.4 Å². The van der Waals surface area contributed by atoms with Crippen LogP contribution in [0.5, 0.6) is 0 Å². The molecule has 0 spiro atoms. The van der Waals surface area contributed by atoms with E-state index in [1.165, 1.54) is 0 Å². The molecule has 1 fully saturated rings. The fourth-order valence-corrected chi connectivity index (χ4v) is 0.885. The summed E-state index contributed by atoms with van der Waals surface area (Å²) in [4.78, 5) is 0. The molecule has 0 saturated carbocycles. The van der Waals surface area contributed by atoms with Gasteiger partial charge in [0.15, 0.2) is 0 Å².